The summed E-state index contributed by atoms with van der Waals surface area (Å²) in [5.41, 5.74) is 4.07. The molecule has 0 radical (unpaired) electrons. The first-order chi connectivity index (χ1) is 11.6. The molecule has 0 bridgehead atoms. The number of carbonyl (C=O) groups is 2. The Balaban J connectivity index is 1.62. The molecule has 2 aromatic rings. The average Bonchev–Trinajstić information content (AvgIpc) is 3.23. The van der Waals surface area contributed by atoms with E-state index in [1.54, 1.807) is 24.3 Å². The number of nitrogens with one attached hydrogen (secondary N) is 1. The number of amides is 1. The predicted octanol–water partition coefficient (Wildman–Crippen LogP) is 2.37. The first-order valence-corrected chi connectivity index (χ1v) is 8.12. The second-order valence-corrected chi connectivity index (χ2v) is 6.33. The summed E-state index contributed by atoms with van der Waals surface area (Å²) in [6.45, 7) is 2.48. The minimum atomic E-state index is -0.929. The van der Waals surface area contributed by atoms with E-state index in [4.69, 9.17) is 5.11 Å². The Bertz CT molecular complexity index is 808. The van der Waals surface area contributed by atoms with Gasteiger partial charge in [0.2, 0.25) is 0 Å². The third-order valence-electron chi connectivity index (χ3n) is 4.88. The zero-order chi connectivity index (χ0) is 16.7. The number of carboxylic acids is 1. The van der Waals surface area contributed by atoms with Gasteiger partial charge in [-0.05, 0) is 53.9 Å². The number of hydrogen-bond donors (Lipinski definition) is 2. The lowest BCUT2D eigenvalue weighted by Gasteiger charge is -2.22. The first kappa shape index (κ1) is 14.9. The minimum Gasteiger partial charge on any atom is -0.478 e. The maximum Gasteiger partial charge on any atom is 0.335 e. The molecule has 0 spiro atoms. The van der Waals surface area contributed by atoms with Gasteiger partial charge in [-0.2, -0.15) is 0 Å². The fourth-order valence-electron chi connectivity index (χ4n) is 3.53. The summed E-state index contributed by atoms with van der Waals surface area (Å²) >= 11 is 0. The van der Waals surface area contributed by atoms with E-state index in [9.17, 15) is 9.59 Å². The van der Waals surface area contributed by atoms with Gasteiger partial charge < -0.3 is 15.3 Å². The zero-order valence-corrected chi connectivity index (χ0v) is 13.2. The van der Waals surface area contributed by atoms with Crippen molar-refractivity contribution in [3.8, 4) is 11.1 Å². The van der Waals surface area contributed by atoms with Crippen molar-refractivity contribution in [2.24, 2.45) is 0 Å². The summed E-state index contributed by atoms with van der Waals surface area (Å²) in [4.78, 5) is 25.5. The van der Waals surface area contributed by atoms with Crippen LogP contribution in [-0.2, 0) is 6.54 Å². The molecule has 1 amide bonds. The van der Waals surface area contributed by atoms with E-state index in [-0.39, 0.29) is 17.5 Å². The van der Waals surface area contributed by atoms with Crippen LogP contribution in [0.15, 0.2) is 42.5 Å². The fraction of sp³-hybridized carbons (Fsp3) is 0.263. The van der Waals surface area contributed by atoms with Crippen LogP contribution in [-0.4, -0.2) is 41.0 Å². The van der Waals surface area contributed by atoms with Crippen LogP contribution >= 0.6 is 0 Å². The third-order valence-corrected chi connectivity index (χ3v) is 4.88. The van der Waals surface area contributed by atoms with Gasteiger partial charge in [0.15, 0.2) is 0 Å². The molecule has 4 rings (SSSR count). The molecule has 1 unspecified atom stereocenters. The molecule has 5 heteroatoms. The summed E-state index contributed by atoms with van der Waals surface area (Å²) in [6, 6.07) is 13.0. The van der Waals surface area contributed by atoms with E-state index >= 15 is 0 Å². The molecule has 2 aromatic carbocycles. The van der Waals surface area contributed by atoms with Crippen molar-refractivity contribution in [1.29, 1.82) is 0 Å². The quantitative estimate of drug-likeness (QED) is 0.910. The molecule has 5 nitrogen and oxygen atoms in total. The van der Waals surface area contributed by atoms with Crippen molar-refractivity contribution in [2.45, 2.75) is 19.0 Å². The number of rotatable bonds is 3. The molecular weight excluding hydrogens is 304 g/mol. The summed E-state index contributed by atoms with van der Waals surface area (Å²) in [5, 5.41) is 12.3. The fourth-order valence-corrected chi connectivity index (χ4v) is 3.53. The van der Waals surface area contributed by atoms with Gasteiger partial charge in [-0.3, -0.25) is 4.79 Å². The Morgan fingerprint density at radius 2 is 1.88 bits per heavy atom. The van der Waals surface area contributed by atoms with E-state index in [1.807, 2.05) is 23.1 Å². The van der Waals surface area contributed by atoms with Gasteiger partial charge in [0.1, 0.15) is 0 Å². The van der Waals surface area contributed by atoms with Gasteiger partial charge in [-0.15, -0.1) is 0 Å². The second-order valence-electron chi connectivity index (χ2n) is 6.33. The Hall–Kier alpha value is -2.66. The van der Waals surface area contributed by atoms with Crippen LogP contribution in [0.5, 0.6) is 0 Å². The topological polar surface area (TPSA) is 69.6 Å². The van der Waals surface area contributed by atoms with Crippen LogP contribution in [0, 0.1) is 0 Å². The highest BCUT2D eigenvalue weighted by molar-refractivity contribution is 5.99. The Labute approximate surface area is 139 Å². The van der Waals surface area contributed by atoms with E-state index in [1.165, 1.54) is 0 Å². The highest BCUT2D eigenvalue weighted by atomic mass is 16.4. The maximum absolute atomic E-state index is 12.6. The Morgan fingerprint density at radius 1 is 1.12 bits per heavy atom. The summed E-state index contributed by atoms with van der Waals surface area (Å²) < 4.78 is 0. The van der Waals surface area contributed by atoms with Crippen LogP contribution in [0.1, 0.15) is 32.7 Å². The number of carboxylic acid groups (broad SMARTS) is 1. The van der Waals surface area contributed by atoms with E-state index in [2.05, 4.69) is 5.32 Å². The number of hydrogen-bond acceptors (Lipinski definition) is 3. The lowest BCUT2D eigenvalue weighted by Crippen LogP contribution is -2.36. The molecule has 24 heavy (non-hydrogen) atoms. The zero-order valence-electron chi connectivity index (χ0n) is 13.2. The van der Waals surface area contributed by atoms with Crippen LogP contribution in [0.2, 0.25) is 0 Å². The van der Waals surface area contributed by atoms with Crippen LogP contribution < -0.4 is 5.32 Å². The standard InChI is InChI=1S/C19H18N2O3/c22-18-17-6-5-14(12-1-3-13(4-2-12)19(23)24)9-15(17)11-21(18)16-7-8-20-10-16/h1-6,9,16,20H,7-8,10-11H2,(H,23,24). The van der Waals surface area contributed by atoms with Crippen LogP contribution in [0.4, 0.5) is 0 Å². The lowest BCUT2D eigenvalue weighted by molar-refractivity contribution is 0.0693. The molecule has 2 heterocycles. The number of carbonyl (C=O) groups excluding carboxylic acids is 1. The number of benzene rings is 2. The van der Waals surface area contributed by atoms with Crippen molar-refractivity contribution in [2.75, 3.05) is 13.1 Å². The van der Waals surface area contributed by atoms with E-state index in [0.29, 0.717) is 6.54 Å². The molecule has 1 saturated heterocycles. The van der Waals surface area contributed by atoms with Crippen molar-refractivity contribution >= 4 is 11.9 Å². The lowest BCUT2D eigenvalue weighted by atomic mass is 9.99. The molecule has 1 fully saturated rings. The molecule has 0 aromatic heterocycles. The van der Waals surface area contributed by atoms with Crippen molar-refractivity contribution in [3.63, 3.8) is 0 Å². The normalized spacial score (nSPS) is 19.6. The molecular formula is C19H18N2O3. The maximum atomic E-state index is 12.6. The van der Waals surface area contributed by atoms with Gasteiger partial charge in [0.05, 0.1) is 5.56 Å². The van der Waals surface area contributed by atoms with Gasteiger partial charge in [0.25, 0.3) is 5.91 Å². The van der Waals surface area contributed by atoms with Crippen molar-refractivity contribution in [3.05, 3.63) is 59.2 Å². The summed E-state index contributed by atoms with van der Waals surface area (Å²) in [5.74, 6) is -0.812. The highest BCUT2D eigenvalue weighted by Crippen LogP contribution is 2.30. The van der Waals surface area contributed by atoms with Gasteiger partial charge in [0, 0.05) is 24.7 Å². The van der Waals surface area contributed by atoms with Crippen LogP contribution in [0.25, 0.3) is 11.1 Å². The predicted molar refractivity (Wildman–Crippen MR) is 90.0 cm³/mol. The van der Waals surface area contributed by atoms with Crippen molar-refractivity contribution < 1.29 is 14.7 Å². The van der Waals surface area contributed by atoms with E-state index < -0.39 is 5.97 Å². The Kier molecular flexibility index (Phi) is 3.58. The smallest absolute Gasteiger partial charge is 0.335 e. The molecule has 1 atom stereocenters. The van der Waals surface area contributed by atoms with Gasteiger partial charge >= 0.3 is 5.97 Å². The molecule has 0 aliphatic carbocycles. The highest BCUT2D eigenvalue weighted by Gasteiger charge is 2.33. The van der Waals surface area contributed by atoms with Gasteiger partial charge in [-0.1, -0.05) is 18.2 Å². The number of aromatic carboxylic acids is 1. The minimum absolute atomic E-state index is 0.117. The average molecular weight is 322 g/mol. The van der Waals surface area contributed by atoms with Crippen LogP contribution in [0.3, 0.4) is 0 Å². The SMILES string of the molecule is O=C(O)c1ccc(-c2ccc3c(c2)CN(C2CCNC2)C3=O)cc1. The largest absolute Gasteiger partial charge is 0.478 e. The molecule has 0 saturated carbocycles. The number of fused-ring (bicyclic) bond motifs is 1. The molecule has 2 aliphatic rings. The molecule has 122 valence electrons. The van der Waals surface area contributed by atoms with Gasteiger partial charge in [-0.25, -0.2) is 4.79 Å². The third kappa shape index (κ3) is 2.47. The molecule has 2 aliphatic heterocycles. The summed E-state index contributed by atoms with van der Waals surface area (Å²) in [7, 11) is 0. The first-order valence-electron chi connectivity index (χ1n) is 8.12. The monoisotopic (exact) mass is 322 g/mol. The number of nitrogens with zero attached hydrogens (tertiary/aromatic N) is 1. The van der Waals surface area contributed by atoms with Crippen molar-refractivity contribution in [1.82, 2.24) is 10.2 Å². The van der Waals surface area contributed by atoms with E-state index in [0.717, 1.165) is 41.8 Å². The summed E-state index contributed by atoms with van der Waals surface area (Å²) in [6.07, 6.45) is 1.00. The second kappa shape index (κ2) is 5.76. The Morgan fingerprint density at radius 3 is 2.54 bits per heavy atom. The molecule has 2 N–H and O–H groups in total.